The molecule has 1 N–H and O–H groups in total. The number of aryl methyl sites for hydroxylation is 1. The Bertz CT molecular complexity index is 825. The van der Waals surface area contributed by atoms with Gasteiger partial charge < -0.3 is 15.0 Å². The second-order valence-electron chi connectivity index (χ2n) is 6.93. The van der Waals surface area contributed by atoms with E-state index in [1.165, 1.54) is 0 Å². The van der Waals surface area contributed by atoms with Crippen LogP contribution in [0.1, 0.15) is 37.8 Å². The van der Waals surface area contributed by atoms with Gasteiger partial charge >= 0.3 is 0 Å². The molecule has 0 radical (unpaired) electrons. The lowest BCUT2D eigenvalue weighted by Gasteiger charge is -2.30. The standard InChI is InChI=1S/C23H29ClN2O3/c1-4-13-25-23(28)21(5-2)26(15-18-10-6-7-12-20(18)24)22(27)16-29-19-11-8-9-17(3)14-19/h6-12,14,21H,4-5,13,15-16H2,1-3H3,(H,25,28). The van der Waals surface area contributed by atoms with Crippen molar-refractivity contribution in [1.29, 1.82) is 0 Å². The lowest BCUT2D eigenvalue weighted by atomic mass is 10.1. The van der Waals surface area contributed by atoms with Gasteiger partial charge in [-0.3, -0.25) is 9.59 Å². The fraction of sp³-hybridized carbons (Fsp3) is 0.391. The summed E-state index contributed by atoms with van der Waals surface area (Å²) in [4.78, 5) is 27.3. The highest BCUT2D eigenvalue weighted by molar-refractivity contribution is 6.31. The summed E-state index contributed by atoms with van der Waals surface area (Å²) in [5, 5.41) is 3.46. The van der Waals surface area contributed by atoms with Crippen LogP contribution in [0.4, 0.5) is 0 Å². The molecule has 0 aromatic heterocycles. The molecule has 0 heterocycles. The van der Waals surface area contributed by atoms with Gasteiger partial charge in [-0.25, -0.2) is 0 Å². The Morgan fingerprint density at radius 3 is 2.55 bits per heavy atom. The van der Waals surface area contributed by atoms with Gasteiger partial charge in [0.2, 0.25) is 5.91 Å². The molecule has 2 aromatic rings. The smallest absolute Gasteiger partial charge is 0.261 e. The van der Waals surface area contributed by atoms with E-state index in [0.717, 1.165) is 17.5 Å². The molecule has 156 valence electrons. The van der Waals surface area contributed by atoms with Crippen LogP contribution in [0.25, 0.3) is 0 Å². The number of carbonyl (C=O) groups is 2. The molecule has 0 aliphatic heterocycles. The molecule has 1 atom stereocenters. The summed E-state index contributed by atoms with van der Waals surface area (Å²) in [5.41, 5.74) is 1.84. The third-order valence-electron chi connectivity index (χ3n) is 4.59. The molecule has 0 bridgehead atoms. The van der Waals surface area contributed by atoms with E-state index < -0.39 is 6.04 Å². The number of halogens is 1. The predicted molar refractivity (Wildman–Crippen MR) is 116 cm³/mol. The normalized spacial score (nSPS) is 11.6. The predicted octanol–water partition coefficient (Wildman–Crippen LogP) is 4.36. The number of hydrogen-bond donors (Lipinski definition) is 1. The van der Waals surface area contributed by atoms with Gasteiger partial charge in [-0.1, -0.05) is 55.8 Å². The number of carbonyl (C=O) groups excluding carboxylic acids is 2. The highest BCUT2D eigenvalue weighted by Gasteiger charge is 2.29. The van der Waals surface area contributed by atoms with E-state index >= 15 is 0 Å². The first-order valence-corrected chi connectivity index (χ1v) is 10.3. The zero-order chi connectivity index (χ0) is 21.2. The molecule has 0 aliphatic rings. The summed E-state index contributed by atoms with van der Waals surface area (Å²) >= 11 is 6.30. The summed E-state index contributed by atoms with van der Waals surface area (Å²) < 4.78 is 5.70. The van der Waals surface area contributed by atoms with Crippen molar-refractivity contribution in [2.45, 2.75) is 46.2 Å². The molecule has 0 spiro atoms. The Labute approximate surface area is 178 Å². The quantitative estimate of drug-likeness (QED) is 0.626. The molecule has 29 heavy (non-hydrogen) atoms. The zero-order valence-corrected chi connectivity index (χ0v) is 18.0. The maximum absolute atomic E-state index is 13.1. The van der Waals surface area contributed by atoms with Crippen molar-refractivity contribution in [3.05, 3.63) is 64.7 Å². The second-order valence-corrected chi connectivity index (χ2v) is 7.34. The zero-order valence-electron chi connectivity index (χ0n) is 17.3. The second kappa shape index (κ2) is 11.5. The average Bonchev–Trinajstić information content (AvgIpc) is 2.71. The Hall–Kier alpha value is -2.53. The number of nitrogens with zero attached hydrogens (tertiary/aromatic N) is 1. The highest BCUT2D eigenvalue weighted by Crippen LogP contribution is 2.20. The van der Waals surface area contributed by atoms with Crippen LogP contribution in [-0.4, -0.2) is 35.9 Å². The number of nitrogens with one attached hydrogen (secondary N) is 1. The number of ether oxygens (including phenoxy) is 1. The van der Waals surface area contributed by atoms with Crippen LogP contribution < -0.4 is 10.1 Å². The van der Waals surface area contributed by atoms with E-state index in [2.05, 4.69) is 5.32 Å². The Morgan fingerprint density at radius 2 is 1.90 bits per heavy atom. The van der Waals surface area contributed by atoms with Crippen LogP contribution in [0.2, 0.25) is 5.02 Å². The third kappa shape index (κ3) is 6.79. The van der Waals surface area contributed by atoms with E-state index in [9.17, 15) is 9.59 Å². The molecular weight excluding hydrogens is 388 g/mol. The van der Waals surface area contributed by atoms with Crippen LogP contribution in [0.5, 0.6) is 5.75 Å². The van der Waals surface area contributed by atoms with Crippen LogP contribution in [-0.2, 0) is 16.1 Å². The largest absolute Gasteiger partial charge is 0.484 e. The maximum atomic E-state index is 13.1. The molecule has 2 aromatic carbocycles. The topological polar surface area (TPSA) is 58.6 Å². The summed E-state index contributed by atoms with van der Waals surface area (Å²) in [6, 6.07) is 14.3. The summed E-state index contributed by atoms with van der Waals surface area (Å²) in [6.45, 7) is 6.51. The molecule has 2 amide bonds. The van der Waals surface area contributed by atoms with Crippen molar-refractivity contribution < 1.29 is 14.3 Å². The minimum Gasteiger partial charge on any atom is -0.484 e. The van der Waals surface area contributed by atoms with Crippen LogP contribution in [0.3, 0.4) is 0 Å². The van der Waals surface area contributed by atoms with Gasteiger partial charge in [0.25, 0.3) is 5.91 Å². The molecule has 0 aliphatic carbocycles. The average molecular weight is 417 g/mol. The fourth-order valence-corrected chi connectivity index (χ4v) is 3.22. The van der Waals surface area contributed by atoms with Crippen LogP contribution >= 0.6 is 11.6 Å². The molecule has 0 saturated carbocycles. The summed E-state index contributed by atoms with van der Waals surface area (Å²) in [5.74, 6) is 0.203. The number of benzene rings is 2. The minimum absolute atomic E-state index is 0.147. The molecule has 0 fully saturated rings. The minimum atomic E-state index is -0.591. The SMILES string of the molecule is CCCNC(=O)C(CC)N(Cc1ccccc1Cl)C(=O)COc1cccc(C)c1. The monoisotopic (exact) mass is 416 g/mol. The van der Waals surface area contributed by atoms with E-state index in [1.807, 2.05) is 63.2 Å². The fourth-order valence-electron chi connectivity index (χ4n) is 3.03. The first-order chi connectivity index (χ1) is 14.0. The molecular formula is C23H29ClN2O3. The van der Waals surface area contributed by atoms with Crippen molar-refractivity contribution in [3.63, 3.8) is 0 Å². The molecule has 6 heteroatoms. The summed E-state index contributed by atoms with van der Waals surface area (Å²) in [6.07, 6.45) is 1.33. The van der Waals surface area contributed by atoms with Crippen molar-refractivity contribution >= 4 is 23.4 Å². The van der Waals surface area contributed by atoms with Gasteiger partial charge in [-0.15, -0.1) is 0 Å². The van der Waals surface area contributed by atoms with Gasteiger partial charge in [0.05, 0.1) is 0 Å². The Morgan fingerprint density at radius 1 is 1.14 bits per heavy atom. The Balaban J connectivity index is 2.20. The van der Waals surface area contributed by atoms with E-state index in [1.54, 1.807) is 11.0 Å². The van der Waals surface area contributed by atoms with Crippen molar-refractivity contribution in [2.24, 2.45) is 0 Å². The van der Waals surface area contributed by atoms with Crippen LogP contribution in [0.15, 0.2) is 48.5 Å². The molecule has 2 rings (SSSR count). The van der Waals surface area contributed by atoms with Crippen molar-refractivity contribution in [1.82, 2.24) is 10.2 Å². The van der Waals surface area contributed by atoms with Crippen LogP contribution in [0, 0.1) is 6.92 Å². The van der Waals surface area contributed by atoms with Gasteiger partial charge in [0.15, 0.2) is 6.61 Å². The van der Waals surface area contributed by atoms with E-state index in [-0.39, 0.29) is 25.0 Å². The van der Waals surface area contributed by atoms with Gasteiger partial charge in [0.1, 0.15) is 11.8 Å². The first-order valence-electron chi connectivity index (χ1n) is 9.96. The van der Waals surface area contributed by atoms with Gasteiger partial charge in [-0.2, -0.15) is 0 Å². The lowest BCUT2D eigenvalue weighted by Crippen LogP contribution is -2.50. The number of rotatable bonds is 10. The van der Waals surface area contributed by atoms with E-state index in [4.69, 9.17) is 16.3 Å². The molecule has 5 nitrogen and oxygen atoms in total. The number of amides is 2. The molecule has 0 saturated heterocycles. The van der Waals surface area contributed by atoms with Gasteiger partial charge in [-0.05, 0) is 49.1 Å². The highest BCUT2D eigenvalue weighted by atomic mass is 35.5. The van der Waals surface area contributed by atoms with Crippen molar-refractivity contribution in [3.8, 4) is 5.75 Å². The van der Waals surface area contributed by atoms with E-state index in [0.29, 0.717) is 23.7 Å². The maximum Gasteiger partial charge on any atom is 0.261 e. The number of hydrogen-bond acceptors (Lipinski definition) is 3. The Kier molecular flexibility index (Phi) is 9.00. The van der Waals surface area contributed by atoms with Gasteiger partial charge in [0, 0.05) is 18.1 Å². The first kappa shape index (κ1) is 22.8. The lowest BCUT2D eigenvalue weighted by molar-refractivity contribution is -0.143. The van der Waals surface area contributed by atoms with Crippen molar-refractivity contribution in [2.75, 3.05) is 13.2 Å². The molecule has 1 unspecified atom stereocenters. The third-order valence-corrected chi connectivity index (χ3v) is 4.95. The summed E-state index contributed by atoms with van der Waals surface area (Å²) in [7, 11) is 0.